The van der Waals surface area contributed by atoms with E-state index in [0.29, 0.717) is 24.2 Å². The van der Waals surface area contributed by atoms with Crippen LogP contribution >= 0.6 is 0 Å². The minimum atomic E-state index is -0.858. The van der Waals surface area contributed by atoms with E-state index < -0.39 is 10.8 Å². The summed E-state index contributed by atoms with van der Waals surface area (Å²) in [7, 11) is -0.858. The second-order valence-electron chi connectivity index (χ2n) is 4.86. The first-order chi connectivity index (χ1) is 9.49. The van der Waals surface area contributed by atoms with Crippen LogP contribution in [0.2, 0.25) is 0 Å². The maximum absolute atomic E-state index is 12.1. The van der Waals surface area contributed by atoms with Crippen LogP contribution in [0.4, 0.5) is 5.69 Å². The van der Waals surface area contributed by atoms with Crippen LogP contribution in [0.5, 0.6) is 0 Å². The van der Waals surface area contributed by atoms with Crippen molar-refractivity contribution in [2.24, 2.45) is 0 Å². The summed E-state index contributed by atoms with van der Waals surface area (Å²) >= 11 is 0. The summed E-state index contributed by atoms with van der Waals surface area (Å²) in [6, 6.07) is 5.41. The first-order valence-electron chi connectivity index (χ1n) is 6.46. The van der Waals surface area contributed by atoms with Crippen molar-refractivity contribution in [1.29, 1.82) is 0 Å². The van der Waals surface area contributed by atoms with Gasteiger partial charge in [0.25, 0.3) is 5.91 Å². The van der Waals surface area contributed by atoms with E-state index in [9.17, 15) is 9.00 Å². The van der Waals surface area contributed by atoms with Gasteiger partial charge < -0.3 is 16.0 Å². The first-order valence-corrected chi connectivity index (χ1v) is 8.08. The molecule has 1 aromatic carbocycles. The SMILES string of the molecule is CC(CCNC(=O)c1c[nH]c2cc(N)ccc12)S(C)=O. The third-order valence-corrected chi connectivity index (χ3v) is 4.72. The van der Waals surface area contributed by atoms with Gasteiger partial charge >= 0.3 is 0 Å². The highest BCUT2D eigenvalue weighted by Gasteiger charge is 2.12. The van der Waals surface area contributed by atoms with E-state index in [-0.39, 0.29) is 11.2 Å². The lowest BCUT2D eigenvalue weighted by Crippen LogP contribution is -2.27. The lowest BCUT2D eigenvalue weighted by atomic mass is 10.1. The Hall–Kier alpha value is -1.82. The number of carbonyl (C=O) groups excluding carboxylic acids is 1. The number of aromatic amines is 1. The number of nitrogens with one attached hydrogen (secondary N) is 2. The van der Waals surface area contributed by atoms with E-state index in [4.69, 9.17) is 5.73 Å². The normalized spacial score (nSPS) is 14.1. The van der Waals surface area contributed by atoms with Crippen molar-refractivity contribution in [2.75, 3.05) is 18.5 Å². The highest BCUT2D eigenvalue weighted by molar-refractivity contribution is 7.84. The fourth-order valence-corrected chi connectivity index (χ4v) is 2.43. The highest BCUT2D eigenvalue weighted by atomic mass is 32.2. The maximum atomic E-state index is 12.1. The molecule has 2 atom stereocenters. The van der Waals surface area contributed by atoms with Crippen molar-refractivity contribution in [3.63, 3.8) is 0 Å². The molecule has 5 nitrogen and oxygen atoms in total. The molecule has 0 saturated heterocycles. The van der Waals surface area contributed by atoms with Crippen LogP contribution in [0.3, 0.4) is 0 Å². The molecule has 0 radical (unpaired) electrons. The van der Waals surface area contributed by atoms with Gasteiger partial charge in [0.15, 0.2) is 0 Å². The molecule has 20 heavy (non-hydrogen) atoms. The minimum Gasteiger partial charge on any atom is -0.399 e. The van der Waals surface area contributed by atoms with Crippen LogP contribution < -0.4 is 11.1 Å². The summed E-state index contributed by atoms with van der Waals surface area (Å²) in [4.78, 5) is 15.2. The zero-order chi connectivity index (χ0) is 14.7. The molecule has 2 rings (SSSR count). The smallest absolute Gasteiger partial charge is 0.253 e. The standard InChI is InChI=1S/C14H19N3O2S/c1-9(20(2)19)5-6-16-14(18)12-8-17-13-7-10(15)3-4-11(12)13/h3-4,7-9,17H,5-6,15H2,1-2H3,(H,16,18). The molecule has 0 fully saturated rings. The summed E-state index contributed by atoms with van der Waals surface area (Å²) < 4.78 is 11.2. The number of amides is 1. The molecule has 108 valence electrons. The molecule has 1 aromatic heterocycles. The number of nitrogens with two attached hydrogens (primary N) is 1. The molecule has 1 heterocycles. The summed E-state index contributed by atoms with van der Waals surface area (Å²) in [6.45, 7) is 2.43. The summed E-state index contributed by atoms with van der Waals surface area (Å²) in [5.41, 5.74) is 7.81. The van der Waals surface area contributed by atoms with Crippen molar-refractivity contribution in [3.05, 3.63) is 30.0 Å². The van der Waals surface area contributed by atoms with Gasteiger partial charge in [0.1, 0.15) is 0 Å². The number of rotatable bonds is 5. The number of hydrogen-bond acceptors (Lipinski definition) is 3. The Morgan fingerprint density at radius 3 is 2.95 bits per heavy atom. The van der Waals surface area contributed by atoms with E-state index in [1.165, 1.54) is 0 Å². The van der Waals surface area contributed by atoms with E-state index >= 15 is 0 Å². The molecule has 0 saturated carbocycles. The Balaban J connectivity index is 2.03. The Bertz CT molecular complexity index is 651. The molecule has 0 aliphatic heterocycles. The number of H-pyrrole nitrogens is 1. The minimum absolute atomic E-state index is 0.0815. The summed E-state index contributed by atoms with van der Waals surface area (Å²) in [5, 5.41) is 3.79. The van der Waals surface area contributed by atoms with Crippen LogP contribution in [0.1, 0.15) is 23.7 Å². The number of hydrogen-bond donors (Lipinski definition) is 3. The van der Waals surface area contributed by atoms with Crippen molar-refractivity contribution >= 4 is 33.3 Å². The van der Waals surface area contributed by atoms with Gasteiger partial charge in [-0.3, -0.25) is 9.00 Å². The van der Waals surface area contributed by atoms with Crippen molar-refractivity contribution in [1.82, 2.24) is 10.3 Å². The van der Waals surface area contributed by atoms with Gasteiger partial charge in [0.05, 0.1) is 5.56 Å². The summed E-state index contributed by atoms with van der Waals surface area (Å²) in [5.74, 6) is -0.130. The first kappa shape index (κ1) is 14.6. The zero-order valence-corrected chi connectivity index (χ0v) is 12.4. The van der Waals surface area contributed by atoms with Crippen LogP contribution in [-0.2, 0) is 10.8 Å². The van der Waals surface area contributed by atoms with Gasteiger partial charge in [-0.2, -0.15) is 0 Å². The highest BCUT2D eigenvalue weighted by Crippen LogP contribution is 2.20. The molecular weight excluding hydrogens is 274 g/mol. The maximum Gasteiger partial charge on any atom is 0.253 e. The topological polar surface area (TPSA) is 88.0 Å². The van der Waals surface area contributed by atoms with Gasteiger partial charge in [-0.1, -0.05) is 6.92 Å². The number of fused-ring (bicyclic) bond motifs is 1. The Morgan fingerprint density at radius 2 is 2.25 bits per heavy atom. The largest absolute Gasteiger partial charge is 0.399 e. The molecule has 0 bridgehead atoms. The van der Waals surface area contributed by atoms with Crippen LogP contribution in [0, 0.1) is 0 Å². The third-order valence-electron chi connectivity index (χ3n) is 3.35. The predicted octanol–water partition coefficient (Wildman–Crippen LogP) is 1.64. The molecule has 4 N–H and O–H groups in total. The Labute approximate surface area is 120 Å². The van der Waals surface area contributed by atoms with E-state index in [1.54, 1.807) is 24.6 Å². The monoisotopic (exact) mass is 293 g/mol. The van der Waals surface area contributed by atoms with E-state index in [1.807, 2.05) is 13.0 Å². The number of anilines is 1. The van der Waals surface area contributed by atoms with Crippen LogP contribution in [0.15, 0.2) is 24.4 Å². The van der Waals surface area contributed by atoms with Gasteiger partial charge in [-0.05, 0) is 24.6 Å². The number of nitrogen functional groups attached to an aromatic ring is 1. The number of carbonyl (C=O) groups is 1. The molecule has 2 aromatic rings. The number of aromatic nitrogens is 1. The Morgan fingerprint density at radius 1 is 1.50 bits per heavy atom. The van der Waals surface area contributed by atoms with E-state index in [2.05, 4.69) is 10.3 Å². The number of benzene rings is 1. The van der Waals surface area contributed by atoms with Gasteiger partial charge in [-0.15, -0.1) is 0 Å². The van der Waals surface area contributed by atoms with Crippen molar-refractivity contribution in [2.45, 2.75) is 18.6 Å². The average molecular weight is 293 g/mol. The molecule has 0 spiro atoms. The van der Waals surface area contributed by atoms with Gasteiger partial charge in [-0.25, -0.2) is 0 Å². The van der Waals surface area contributed by atoms with E-state index in [0.717, 1.165) is 10.9 Å². The quantitative estimate of drug-likeness (QED) is 0.732. The lowest BCUT2D eigenvalue weighted by molar-refractivity contribution is 0.0955. The predicted molar refractivity (Wildman–Crippen MR) is 83.2 cm³/mol. The van der Waals surface area contributed by atoms with Crippen molar-refractivity contribution < 1.29 is 9.00 Å². The van der Waals surface area contributed by atoms with Crippen LogP contribution in [-0.4, -0.2) is 33.2 Å². The summed E-state index contributed by atoms with van der Waals surface area (Å²) in [6.07, 6.45) is 4.06. The zero-order valence-electron chi connectivity index (χ0n) is 11.6. The van der Waals surface area contributed by atoms with Gasteiger partial charge in [0, 0.05) is 51.6 Å². The Kier molecular flexibility index (Phi) is 4.44. The fraction of sp³-hybridized carbons (Fsp3) is 0.357. The fourth-order valence-electron chi connectivity index (χ4n) is 1.98. The molecular formula is C14H19N3O2S. The third kappa shape index (κ3) is 3.19. The second kappa shape index (κ2) is 6.09. The molecule has 0 aliphatic carbocycles. The van der Waals surface area contributed by atoms with Gasteiger partial charge in [0.2, 0.25) is 0 Å². The van der Waals surface area contributed by atoms with Crippen molar-refractivity contribution in [3.8, 4) is 0 Å². The lowest BCUT2D eigenvalue weighted by Gasteiger charge is -2.09. The van der Waals surface area contributed by atoms with Crippen LogP contribution in [0.25, 0.3) is 10.9 Å². The molecule has 0 aliphatic rings. The molecule has 2 unspecified atom stereocenters. The second-order valence-corrected chi connectivity index (χ2v) is 6.66. The molecule has 6 heteroatoms. The average Bonchev–Trinajstić information content (AvgIpc) is 2.81. The molecule has 1 amide bonds.